The molecule has 0 unspecified atom stereocenters. The lowest BCUT2D eigenvalue weighted by Gasteiger charge is -2.15. The van der Waals surface area contributed by atoms with Gasteiger partial charge < -0.3 is 9.84 Å². The van der Waals surface area contributed by atoms with Gasteiger partial charge in [0.2, 0.25) is 6.10 Å². The van der Waals surface area contributed by atoms with Gasteiger partial charge in [-0.1, -0.05) is 48.5 Å². The number of carbonyl (C=O) groups is 1. The minimum absolute atomic E-state index is 0.236. The molecule has 18 heavy (non-hydrogen) atoms. The van der Waals surface area contributed by atoms with Gasteiger partial charge in [-0.05, 0) is 11.6 Å². The molecule has 1 heterocycles. The molecular weight excluding hydrogens is 228 g/mol. The quantitative estimate of drug-likeness (QED) is 0.877. The molecule has 0 bridgehead atoms. The number of hydrogen-bond acceptors (Lipinski definition) is 2. The van der Waals surface area contributed by atoms with Crippen molar-refractivity contribution >= 4 is 5.97 Å². The molecule has 0 saturated heterocycles. The largest absolute Gasteiger partial charge is 0.478 e. The molecule has 3 rings (SSSR count). The topological polar surface area (TPSA) is 46.5 Å². The van der Waals surface area contributed by atoms with Crippen LogP contribution >= 0.6 is 0 Å². The molecule has 3 heteroatoms. The van der Waals surface area contributed by atoms with E-state index in [2.05, 4.69) is 0 Å². The van der Waals surface area contributed by atoms with Crippen molar-refractivity contribution in [3.05, 3.63) is 65.7 Å². The molecule has 1 aliphatic heterocycles. The normalized spacial score (nSPS) is 21.1. The van der Waals surface area contributed by atoms with Gasteiger partial charge in [-0.2, -0.15) is 0 Å². The predicted molar refractivity (Wildman–Crippen MR) is 66.8 cm³/mol. The molecule has 2 aromatic carbocycles. The van der Waals surface area contributed by atoms with E-state index in [0.29, 0.717) is 5.75 Å². The molecule has 2 atom stereocenters. The van der Waals surface area contributed by atoms with E-state index in [1.807, 2.05) is 54.6 Å². The summed E-state index contributed by atoms with van der Waals surface area (Å²) in [4.78, 5) is 11.3. The van der Waals surface area contributed by atoms with Gasteiger partial charge in [0.05, 0.1) is 5.92 Å². The molecule has 90 valence electrons. The summed E-state index contributed by atoms with van der Waals surface area (Å²) < 4.78 is 5.54. The minimum Gasteiger partial charge on any atom is -0.478 e. The zero-order valence-electron chi connectivity index (χ0n) is 9.61. The molecule has 0 aliphatic carbocycles. The number of hydrogen-bond donors (Lipinski definition) is 1. The standard InChI is InChI=1S/C15H12O3/c16-15(17)14-13(10-6-2-1-3-7-10)11-8-4-5-9-12(11)18-14/h1-9,13-14H,(H,16,17)/t13-,14-/m1/s1. The maximum atomic E-state index is 11.3. The number of benzene rings is 2. The number of ether oxygens (including phenoxy) is 1. The van der Waals surface area contributed by atoms with E-state index in [-0.39, 0.29) is 5.92 Å². The second-order valence-electron chi connectivity index (χ2n) is 4.30. The van der Waals surface area contributed by atoms with Crippen molar-refractivity contribution in [2.45, 2.75) is 12.0 Å². The summed E-state index contributed by atoms with van der Waals surface area (Å²) in [6, 6.07) is 17.1. The van der Waals surface area contributed by atoms with Crippen LogP contribution in [0.15, 0.2) is 54.6 Å². The second kappa shape index (κ2) is 4.18. The number of rotatable bonds is 2. The van der Waals surface area contributed by atoms with E-state index >= 15 is 0 Å². The Morgan fingerprint density at radius 2 is 1.67 bits per heavy atom. The molecule has 1 aliphatic rings. The molecule has 3 nitrogen and oxygen atoms in total. The number of fused-ring (bicyclic) bond motifs is 1. The lowest BCUT2D eigenvalue weighted by atomic mass is 9.88. The highest BCUT2D eigenvalue weighted by atomic mass is 16.5. The van der Waals surface area contributed by atoms with E-state index < -0.39 is 12.1 Å². The van der Waals surface area contributed by atoms with Crippen LogP contribution in [-0.2, 0) is 4.79 Å². The minimum atomic E-state index is -0.931. The van der Waals surface area contributed by atoms with Crippen molar-refractivity contribution in [1.29, 1.82) is 0 Å². The van der Waals surface area contributed by atoms with Crippen LogP contribution in [0.1, 0.15) is 17.0 Å². The highest BCUT2D eigenvalue weighted by molar-refractivity contribution is 5.77. The molecule has 0 spiro atoms. The van der Waals surface area contributed by atoms with Crippen molar-refractivity contribution in [2.75, 3.05) is 0 Å². The maximum Gasteiger partial charge on any atom is 0.345 e. The molecule has 0 amide bonds. The average molecular weight is 240 g/mol. The molecule has 1 N–H and O–H groups in total. The summed E-state index contributed by atoms with van der Waals surface area (Å²) in [5.74, 6) is -0.501. The van der Waals surface area contributed by atoms with Crippen molar-refractivity contribution in [2.24, 2.45) is 0 Å². The monoisotopic (exact) mass is 240 g/mol. The van der Waals surface area contributed by atoms with Crippen molar-refractivity contribution in [3.63, 3.8) is 0 Å². The highest BCUT2D eigenvalue weighted by Gasteiger charge is 2.39. The molecular formula is C15H12O3. The molecule has 0 saturated carbocycles. The molecule has 0 aromatic heterocycles. The summed E-state index contributed by atoms with van der Waals surface area (Å²) in [6.45, 7) is 0. The van der Waals surface area contributed by atoms with Crippen molar-refractivity contribution in [3.8, 4) is 5.75 Å². The lowest BCUT2D eigenvalue weighted by Crippen LogP contribution is -2.29. The summed E-state index contributed by atoms with van der Waals surface area (Å²) in [5.41, 5.74) is 1.91. The molecule has 0 radical (unpaired) electrons. The Balaban J connectivity index is 2.11. The molecule has 0 fully saturated rings. The first-order chi connectivity index (χ1) is 8.77. The summed E-state index contributed by atoms with van der Waals surface area (Å²) >= 11 is 0. The third-order valence-electron chi connectivity index (χ3n) is 3.21. The number of para-hydroxylation sites is 1. The Morgan fingerprint density at radius 3 is 2.39 bits per heavy atom. The van der Waals surface area contributed by atoms with Crippen LogP contribution in [0.25, 0.3) is 0 Å². The van der Waals surface area contributed by atoms with Gasteiger partial charge in [-0.15, -0.1) is 0 Å². The fourth-order valence-corrected chi connectivity index (χ4v) is 2.42. The smallest absolute Gasteiger partial charge is 0.345 e. The van der Waals surface area contributed by atoms with Crippen LogP contribution < -0.4 is 4.74 Å². The predicted octanol–water partition coefficient (Wildman–Crippen LogP) is 2.66. The first kappa shape index (κ1) is 10.8. The first-order valence-corrected chi connectivity index (χ1v) is 5.80. The van der Waals surface area contributed by atoms with Crippen LogP contribution in [0.2, 0.25) is 0 Å². The van der Waals surface area contributed by atoms with Gasteiger partial charge in [-0.25, -0.2) is 4.79 Å². The van der Waals surface area contributed by atoms with E-state index in [0.717, 1.165) is 11.1 Å². The fourth-order valence-electron chi connectivity index (χ4n) is 2.42. The maximum absolute atomic E-state index is 11.3. The SMILES string of the molecule is O=C(O)[C@@H]1Oc2ccccc2[C@H]1c1ccccc1. The van der Waals surface area contributed by atoms with Gasteiger partial charge in [0.25, 0.3) is 0 Å². The Morgan fingerprint density at radius 1 is 1.00 bits per heavy atom. The second-order valence-corrected chi connectivity index (χ2v) is 4.30. The van der Waals surface area contributed by atoms with Gasteiger partial charge in [0.15, 0.2) is 0 Å². The number of aliphatic carboxylic acids is 1. The fraction of sp³-hybridized carbons (Fsp3) is 0.133. The Hall–Kier alpha value is -2.29. The first-order valence-electron chi connectivity index (χ1n) is 5.80. The third-order valence-corrected chi connectivity index (χ3v) is 3.21. The van der Waals surface area contributed by atoms with Crippen molar-refractivity contribution < 1.29 is 14.6 Å². The third kappa shape index (κ3) is 1.64. The van der Waals surface area contributed by atoms with E-state index in [1.165, 1.54) is 0 Å². The Kier molecular flexibility index (Phi) is 2.52. The van der Waals surface area contributed by atoms with E-state index in [1.54, 1.807) is 0 Å². The van der Waals surface area contributed by atoms with Crippen LogP contribution in [0.3, 0.4) is 0 Å². The van der Waals surface area contributed by atoms with Crippen LogP contribution in [0.5, 0.6) is 5.75 Å². The van der Waals surface area contributed by atoms with E-state index in [9.17, 15) is 9.90 Å². The van der Waals surface area contributed by atoms with Gasteiger partial charge in [-0.3, -0.25) is 0 Å². The average Bonchev–Trinajstić information content (AvgIpc) is 2.79. The molecule has 2 aromatic rings. The van der Waals surface area contributed by atoms with Crippen LogP contribution in [0.4, 0.5) is 0 Å². The summed E-state index contributed by atoms with van der Waals surface area (Å²) in [6.07, 6.45) is -0.843. The summed E-state index contributed by atoms with van der Waals surface area (Å²) in [7, 11) is 0. The lowest BCUT2D eigenvalue weighted by molar-refractivity contribution is -0.144. The van der Waals surface area contributed by atoms with Crippen LogP contribution in [-0.4, -0.2) is 17.2 Å². The van der Waals surface area contributed by atoms with Crippen molar-refractivity contribution in [1.82, 2.24) is 0 Å². The zero-order chi connectivity index (χ0) is 12.5. The van der Waals surface area contributed by atoms with Gasteiger partial charge in [0.1, 0.15) is 5.75 Å². The van der Waals surface area contributed by atoms with Gasteiger partial charge in [0, 0.05) is 5.56 Å². The highest BCUT2D eigenvalue weighted by Crippen LogP contribution is 2.42. The van der Waals surface area contributed by atoms with Gasteiger partial charge >= 0.3 is 5.97 Å². The number of carboxylic acids is 1. The number of carboxylic acid groups (broad SMARTS) is 1. The Bertz CT molecular complexity index is 577. The Labute approximate surface area is 105 Å². The van der Waals surface area contributed by atoms with E-state index in [4.69, 9.17) is 4.74 Å². The van der Waals surface area contributed by atoms with Crippen LogP contribution in [0, 0.1) is 0 Å². The summed E-state index contributed by atoms with van der Waals surface area (Å²) in [5, 5.41) is 9.29. The zero-order valence-corrected chi connectivity index (χ0v) is 9.61.